The Morgan fingerprint density at radius 2 is 1.59 bits per heavy atom. The second kappa shape index (κ2) is 6.58. The highest BCUT2D eigenvalue weighted by Gasteiger charge is 2.70. The van der Waals surface area contributed by atoms with E-state index < -0.39 is 5.60 Å². The van der Waals surface area contributed by atoms with Crippen molar-refractivity contribution in [1.82, 2.24) is 0 Å². The summed E-state index contributed by atoms with van der Waals surface area (Å²) in [7, 11) is 0. The Hall–Kier alpha value is -0.960. The highest BCUT2D eigenvalue weighted by Crippen LogP contribution is 2.73. The van der Waals surface area contributed by atoms with Crippen molar-refractivity contribution in [2.75, 3.05) is 0 Å². The highest BCUT2D eigenvalue weighted by molar-refractivity contribution is 5.96. The van der Waals surface area contributed by atoms with E-state index >= 15 is 0 Å². The molecule has 5 rings (SSSR count). The number of allylic oxidation sites excluding steroid dienone is 1. The van der Waals surface area contributed by atoms with Crippen LogP contribution in [0, 0.1) is 51.2 Å². The van der Waals surface area contributed by atoms with Gasteiger partial charge in [-0.05, 0) is 85.0 Å². The number of carbonyl (C=O) groups excluding carboxylic acids is 2. The van der Waals surface area contributed by atoms with Gasteiger partial charge >= 0.3 is 0 Å². The summed E-state index contributed by atoms with van der Waals surface area (Å²) in [6, 6.07) is 0. The van der Waals surface area contributed by atoms with Crippen LogP contribution in [0.3, 0.4) is 0 Å². The van der Waals surface area contributed by atoms with Crippen molar-refractivity contribution in [3.05, 3.63) is 11.6 Å². The van der Waals surface area contributed by atoms with E-state index in [0.717, 1.165) is 44.9 Å². The number of rotatable bonds is 0. The first-order valence-electron chi connectivity index (χ1n) is 13.2. The van der Waals surface area contributed by atoms with Crippen LogP contribution in [0.2, 0.25) is 0 Å². The molecule has 0 radical (unpaired) electrons. The maximum atomic E-state index is 14.1. The number of carbonyl (C=O) groups is 2. The maximum Gasteiger partial charge on any atom is 0.159 e. The lowest BCUT2D eigenvalue weighted by molar-refractivity contribution is -0.194. The van der Waals surface area contributed by atoms with Gasteiger partial charge in [-0.1, -0.05) is 54.0 Å². The van der Waals surface area contributed by atoms with Gasteiger partial charge in [0.15, 0.2) is 5.78 Å². The summed E-state index contributed by atoms with van der Waals surface area (Å²) < 4.78 is 0. The van der Waals surface area contributed by atoms with Crippen molar-refractivity contribution in [3.63, 3.8) is 0 Å². The van der Waals surface area contributed by atoms with Crippen LogP contribution in [0.15, 0.2) is 11.6 Å². The molecule has 5 aliphatic carbocycles. The second-order valence-corrected chi connectivity index (χ2v) is 13.9. The normalized spacial score (nSPS) is 54.6. The van der Waals surface area contributed by atoms with E-state index in [1.165, 1.54) is 5.57 Å². The van der Waals surface area contributed by atoms with E-state index in [2.05, 4.69) is 48.5 Å². The summed E-state index contributed by atoms with van der Waals surface area (Å²) in [5.41, 5.74) is -0.0421. The lowest BCUT2D eigenvalue weighted by Gasteiger charge is -2.69. The molecule has 5 aliphatic rings. The van der Waals surface area contributed by atoms with Crippen molar-refractivity contribution < 1.29 is 14.7 Å². The van der Waals surface area contributed by atoms with Crippen LogP contribution in [0.5, 0.6) is 0 Å². The quantitative estimate of drug-likeness (QED) is 0.492. The fourth-order valence-electron chi connectivity index (χ4n) is 10.1. The second-order valence-electron chi connectivity index (χ2n) is 13.9. The lowest BCUT2D eigenvalue weighted by Crippen LogP contribution is -2.67. The van der Waals surface area contributed by atoms with Gasteiger partial charge in [-0.3, -0.25) is 9.59 Å². The molecule has 0 heterocycles. The summed E-state index contributed by atoms with van der Waals surface area (Å²) in [6.45, 7) is 16.0. The van der Waals surface area contributed by atoms with Gasteiger partial charge in [-0.2, -0.15) is 0 Å². The minimum Gasteiger partial charge on any atom is -0.389 e. The van der Waals surface area contributed by atoms with E-state index in [-0.39, 0.29) is 45.2 Å². The first kappa shape index (κ1) is 22.8. The van der Waals surface area contributed by atoms with Gasteiger partial charge in [-0.15, -0.1) is 0 Å². The standard InChI is InChI=1S/C29H44O3/c1-17-8-13-29(32)15-14-27(6)19(23(29)18(17)2)16-20(30)24-26(5)11-10-22(31)25(3,4)21(26)9-12-28(24,27)7/h16-18,21,23-24,32H,8-15H2,1-7H3/t17-,18+,21+,23+,24-,26+,27-,28-,29+/m1/s1. The zero-order valence-corrected chi connectivity index (χ0v) is 21.4. The molecule has 4 fully saturated rings. The molecule has 3 heteroatoms. The molecule has 0 aromatic heterocycles. The number of fused-ring (bicyclic) bond motifs is 7. The number of hydrogen-bond donors (Lipinski definition) is 1. The van der Waals surface area contributed by atoms with E-state index in [1.54, 1.807) is 0 Å². The maximum absolute atomic E-state index is 14.1. The molecule has 0 saturated heterocycles. The Morgan fingerprint density at radius 1 is 0.906 bits per heavy atom. The molecule has 1 N–H and O–H groups in total. The van der Waals surface area contributed by atoms with Crippen LogP contribution in [0.1, 0.15) is 99.8 Å². The fraction of sp³-hybridized carbons (Fsp3) is 0.862. The number of Topliss-reactive ketones (excluding diaryl/α,β-unsaturated/α-hetero) is 1. The van der Waals surface area contributed by atoms with Gasteiger partial charge < -0.3 is 5.11 Å². The van der Waals surface area contributed by atoms with Crippen molar-refractivity contribution in [2.24, 2.45) is 51.2 Å². The molecule has 0 bridgehead atoms. The molecule has 3 nitrogen and oxygen atoms in total. The zero-order valence-electron chi connectivity index (χ0n) is 21.4. The van der Waals surface area contributed by atoms with E-state index in [1.807, 2.05) is 6.08 Å². The number of ketones is 2. The zero-order chi connectivity index (χ0) is 23.5. The van der Waals surface area contributed by atoms with Crippen LogP contribution in [0.4, 0.5) is 0 Å². The molecule has 0 amide bonds. The van der Waals surface area contributed by atoms with Crippen molar-refractivity contribution in [1.29, 1.82) is 0 Å². The number of hydrogen-bond acceptors (Lipinski definition) is 3. The van der Waals surface area contributed by atoms with Gasteiger partial charge in [0, 0.05) is 23.7 Å². The largest absolute Gasteiger partial charge is 0.389 e. The Labute approximate surface area is 194 Å². The molecule has 178 valence electrons. The summed E-state index contributed by atoms with van der Waals surface area (Å²) >= 11 is 0. The van der Waals surface area contributed by atoms with Crippen LogP contribution >= 0.6 is 0 Å². The Morgan fingerprint density at radius 3 is 2.28 bits per heavy atom. The average Bonchev–Trinajstić information content (AvgIpc) is 2.70. The smallest absolute Gasteiger partial charge is 0.159 e. The fourth-order valence-corrected chi connectivity index (χ4v) is 10.1. The minimum absolute atomic E-state index is 0.0302. The molecular weight excluding hydrogens is 396 g/mol. The first-order valence-corrected chi connectivity index (χ1v) is 13.2. The van der Waals surface area contributed by atoms with Gasteiger partial charge in [0.1, 0.15) is 5.78 Å². The molecule has 0 aromatic carbocycles. The molecule has 4 saturated carbocycles. The third kappa shape index (κ3) is 2.53. The third-order valence-electron chi connectivity index (χ3n) is 12.4. The predicted molar refractivity (Wildman–Crippen MR) is 127 cm³/mol. The first-order chi connectivity index (χ1) is 14.7. The Kier molecular flexibility index (Phi) is 4.69. The van der Waals surface area contributed by atoms with Crippen LogP contribution < -0.4 is 0 Å². The lowest BCUT2D eigenvalue weighted by atomic mass is 9.34. The Balaban J connectivity index is 1.65. The summed E-state index contributed by atoms with van der Waals surface area (Å²) in [6.07, 6.45) is 9.25. The van der Waals surface area contributed by atoms with Crippen LogP contribution in [-0.4, -0.2) is 22.3 Å². The van der Waals surface area contributed by atoms with E-state index in [4.69, 9.17) is 0 Å². The van der Waals surface area contributed by atoms with Crippen molar-refractivity contribution in [2.45, 2.75) is 105 Å². The van der Waals surface area contributed by atoms with Crippen LogP contribution in [0.25, 0.3) is 0 Å². The van der Waals surface area contributed by atoms with Gasteiger partial charge in [-0.25, -0.2) is 0 Å². The molecule has 0 spiro atoms. The van der Waals surface area contributed by atoms with E-state index in [9.17, 15) is 14.7 Å². The minimum atomic E-state index is -0.652. The SMILES string of the molecule is C[C@H]1[C@H](C)CC[C@]2(O)CC[C@]3(C)C(=CC(=O)[C@@H]4[C@@]5(C)CCC(=O)C(C)(C)[C@@H]5CC[C@]43C)[C@H]12. The van der Waals surface area contributed by atoms with Crippen LogP contribution in [-0.2, 0) is 9.59 Å². The summed E-state index contributed by atoms with van der Waals surface area (Å²) in [5.74, 6) is 1.97. The van der Waals surface area contributed by atoms with Gasteiger partial charge in [0.25, 0.3) is 0 Å². The van der Waals surface area contributed by atoms with Gasteiger partial charge in [0.05, 0.1) is 5.60 Å². The predicted octanol–water partition coefficient (Wildman–Crippen LogP) is 6.14. The Bertz CT molecular complexity index is 900. The van der Waals surface area contributed by atoms with E-state index in [0.29, 0.717) is 24.0 Å². The average molecular weight is 441 g/mol. The summed E-state index contributed by atoms with van der Waals surface area (Å²) in [5, 5.41) is 11.7. The topological polar surface area (TPSA) is 54.4 Å². The monoisotopic (exact) mass is 440 g/mol. The number of aliphatic hydroxyl groups is 1. The summed E-state index contributed by atoms with van der Waals surface area (Å²) in [4.78, 5) is 27.0. The molecule has 0 aliphatic heterocycles. The molecular formula is C29H44O3. The van der Waals surface area contributed by atoms with Gasteiger partial charge in [0.2, 0.25) is 0 Å². The van der Waals surface area contributed by atoms with Crippen molar-refractivity contribution in [3.8, 4) is 0 Å². The van der Waals surface area contributed by atoms with Crippen molar-refractivity contribution >= 4 is 11.6 Å². The molecule has 9 atom stereocenters. The third-order valence-corrected chi connectivity index (χ3v) is 12.4. The molecule has 32 heavy (non-hydrogen) atoms. The molecule has 0 unspecified atom stereocenters. The highest BCUT2D eigenvalue weighted by atomic mass is 16.3. The molecule has 0 aromatic rings.